The minimum absolute atomic E-state index is 0.194. The molecule has 1 aliphatic heterocycles. The van der Waals surface area contributed by atoms with E-state index < -0.39 is 11.6 Å². The number of benzene rings is 2. The summed E-state index contributed by atoms with van der Waals surface area (Å²) >= 11 is 0. The van der Waals surface area contributed by atoms with E-state index >= 15 is 0 Å². The summed E-state index contributed by atoms with van der Waals surface area (Å²) in [5, 5.41) is 2.88. The van der Waals surface area contributed by atoms with Crippen LogP contribution in [0.25, 0.3) is 0 Å². The van der Waals surface area contributed by atoms with E-state index in [9.17, 15) is 14.4 Å². The van der Waals surface area contributed by atoms with Crippen LogP contribution in [0.5, 0.6) is 0 Å². The van der Waals surface area contributed by atoms with Gasteiger partial charge in [-0.25, -0.2) is 4.79 Å². The fourth-order valence-corrected chi connectivity index (χ4v) is 4.87. The van der Waals surface area contributed by atoms with E-state index in [0.29, 0.717) is 12.0 Å². The molecule has 1 spiro atoms. The Morgan fingerprint density at radius 1 is 0.964 bits per heavy atom. The summed E-state index contributed by atoms with van der Waals surface area (Å²) in [6.07, 6.45) is 5.65. The second-order valence-corrected chi connectivity index (χ2v) is 8.00. The summed E-state index contributed by atoms with van der Waals surface area (Å²) in [5.41, 5.74) is 4.03. The van der Waals surface area contributed by atoms with E-state index in [1.54, 1.807) is 0 Å². The number of aryl methyl sites for hydroxylation is 3. The molecule has 0 saturated carbocycles. The van der Waals surface area contributed by atoms with Crippen LogP contribution in [-0.2, 0) is 29.6 Å². The number of carbonyl (C=O) groups excluding carboxylic acids is 3. The maximum absolute atomic E-state index is 13.2. The third kappa shape index (κ3) is 2.49. The van der Waals surface area contributed by atoms with Gasteiger partial charge in [0, 0.05) is 5.56 Å². The Bertz CT molecular complexity index is 1010. The minimum atomic E-state index is -1.01. The van der Waals surface area contributed by atoms with E-state index in [4.69, 9.17) is 0 Å². The Morgan fingerprint density at radius 3 is 2.61 bits per heavy atom. The molecule has 0 aromatic heterocycles. The van der Waals surface area contributed by atoms with Crippen LogP contribution in [0.2, 0.25) is 0 Å². The van der Waals surface area contributed by atoms with Gasteiger partial charge >= 0.3 is 6.03 Å². The Balaban J connectivity index is 1.40. The SMILES string of the molecule is O=C(CN1C(=O)NC2(CCc3ccccc32)C1=O)c1ccc2c(c1)CCCC2. The third-order valence-corrected chi connectivity index (χ3v) is 6.39. The lowest BCUT2D eigenvalue weighted by Gasteiger charge is -2.22. The van der Waals surface area contributed by atoms with Crippen molar-refractivity contribution < 1.29 is 14.4 Å². The van der Waals surface area contributed by atoms with Crippen LogP contribution in [0.15, 0.2) is 42.5 Å². The van der Waals surface area contributed by atoms with Crippen LogP contribution in [0, 0.1) is 0 Å². The molecule has 28 heavy (non-hydrogen) atoms. The standard InChI is InChI=1S/C23H22N2O3/c26-20(18-10-9-15-5-1-2-7-17(15)13-18)14-25-21(27)23(24-22(25)28)12-11-16-6-3-4-8-19(16)23/h3-4,6,8-10,13H,1-2,5,7,11-12,14H2,(H,24,28). The van der Waals surface area contributed by atoms with Gasteiger partial charge in [0.05, 0.1) is 6.54 Å². The van der Waals surface area contributed by atoms with Gasteiger partial charge in [-0.1, -0.05) is 36.4 Å². The highest BCUT2D eigenvalue weighted by atomic mass is 16.2. The van der Waals surface area contributed by atoms with Gasteiger partial charge in [0.25, 0.3) is 5.91 Å². The van der Waals surface area contributed by atoms with Crippen molar-refractivity contribution in [3.8, 4) is 0 Å². The molecule has 142 valence electrons. The van der Waals surface area contributed by atoms with E-state index in [0.717, 1.165) is 41.7 Å². The molecule has 1 saturated heterocycles. The van der Waals surface area contributed by atoms with Crippen molar-refractivity contribution in [3.63, 3.8) is 0 Å². The number of nitrogens with one attached hydrogen (secondary N) is 1. The second kappa shape index (κ2) is 6.30. The molecular weight excluding hydrogens is 352 g/mol. The molecule has 0 bridgehead atoms. The molecule has 1 heterocycles. The highest BCUT2D eigenvalue weighted by molar-refractivity contribution is 6.11. The highest BCUT2D eigenvalue weighted by Crippen LogP contribution is 2.41. The van der Waals surface area contributed by atoms with Crippen LogP contribution < -0.4 is 5.32 Å². The van der Waals surface area contributed by atoms with Crippen LogP contribution in [0.4, 0.5) is 4.79 Å². The number of carbonyl (C=O) groups is 3. The number of urea groups is 1. The van der Waals surface area contributed by atoms with E-state index in [2.05, 4.69) is 5.32 Å². The highest BCUT2D eigenvalue weighted by Gasteiger charge is 2.55. The summed E-state index contributed by atoms with van der Waals surface area (Å²) in [4.78, 5) is 39.7. The maximum Gasteiger partial charge on any atom is 0.325 e. The average molecular weight is 374 g/mol. The third-order valence-electron chi connectivity index (χ3n) is 6.39. The first-order valence-corrected chi connectivity index (χ1v) is 9.96. The normalized spacial score (nSPS) is 22.9. The van der Waals surface area contributed by atoms with Crippen molar-refractivity contribution in [3.05, 3.63) is 70.3 Å². The topological polar surface area (TPSA) is 66.5 Å². The van der Waals surface area contributed by atoms with Crippen LogP contribution in [0.3, 0.4) is 0 Å². The lowest BCUT2D eigenvalue weighted by atomic mass is 9.89. The number of rotatable bonds is 3. The number of hydrogen-bond donors (Lipinski definition) is 1. The summed E-state index contributed by atoms with van der Waals surface area (Å²) in [6.45, 7) is -0.215. The average Bonchev–Trinajstić information content (AvgIpc) is 3.21. The largest absolute Gasteiger partial charge is 0.325 e. The summed E-state index contributed by atoms with van der Waals surface area (Å²) in [5.74, 6) is -0.506. The molecule has 1 atom stereocenters. The Morgan fingerprint density at radius 2 is 1.75 bits per heavy atom. The molecule has 2 aromatic rings. The van der Waals surface area contributed by atoms with E-state index in [1.807, 2.05) is 42.5 Å². The fraction of sp³-hybridized carbons (Fsp3) is 0.348. The Hall–Kier alpha value is -2.95. The smallest absolute Gasteiger partial charge is 0.319 e. The molecule has 1 N–H and O–H groups in total. The number of amides is 3. The molecule has 2 aliphatic carbocycles. The first kappa shape index (κ1) is 17.2. The molecule has 5 nitrogen and oxygen atoms in total. The molecular formula is C23H22N2O3. The summed E-state index contributed by atoms with van der Waals surface area (Å²) < 4.78 is 0. The molecule has 1 fully saturated rings. The zero-order chi connectivity index (χ0) is 19.3. The van der Waals surface area contributed by atoms with Crippen molar-refractivity contribution in [2.24, 2.45) is 0 Å². The van der Waals surface area contributed by atoms with E-state index in [-0.39, 0.29) is 18.2 Å². The van der Waals surface area contributed by atoms with Gasteiger partial charge in [0.15, 0.2) is 5.78 Å². The van der Waals surface area contributed by atoms with Crippen molar-refractivity contribution in [1.82, 2.24) is 10.2 Å². The van der Waals surface area contributed by atoms with Gasteiger partial charge in [0.1, 0.15) is 5.54 Å². The second-order valence-electron chi connectivity index (χ2n) is 8.00. The van der Waals surface area contributed by atoms with Crippen LogP contribution >= 0.6 is 0 Å². The number of Topliss-reactive ketones (excluding diaryl/α,β-unsaturated/α-hetero) is 1. The van der Waals surface area contributed by atoms with Crippen molar-refractivity contribution in [2.75, 3.05) is 6.54 Å². The maximum atomic E-state index is 13.2. The lowest BCUT2D eigenvalue weighted by Crippen LogP contribution is -2.42. The zero-order valence-corrected chi connectivity index (χ0v) is 15.7. The van der Waals surface area contributed by atoms with E-state index in [1.165, 1.54) is 17.5 Å². The summed E-state index contributed by atoms with van der Waals surface area (Å²) in [7, 11) is 0. The lowest BCUT2D eigenvalue weighted by molar-refractivity contribution is -0.131. The van der Waals surface area contributed by atoms with Crippen LogP contribution in [-0.4, -0.2) is 29.2 Å². The number of hydrogen-bond acceptors (Lipinski definition) is 3. The van der Waals surface area contributed by atoms with Crippen LogP contribution in [0.1, 0.15) is 51.9 Å². The van der Waals surface area contributed by atoms with Crippen molar-refractivity contribution in [2.45, 2.75) is 44.1 Å². The molecule has 0 radical (unpaired) electrons. The first-order valence-electron chi connectivity index (χ1n) is 9.96. The van der Waals surface area contributed by atoms with Gasteiger partial charge in [-0.05, 0) is 66.8 Å². The minimum Gasteiger partial charge on any atom is -0.319 e. The van der Waals surface area contributed by atoms with Gasteiger partial charge < -0.3 is 5.32 Å². The zero-order valence-electron chi connectivity index (χ0n) is 15.7. The number of fused-ring (bicyclic) bond motifs is 3. The fourth-order valence-electron chi connectivity index (χ4n) is 4.87. The predicted octanol–water partition coefficient (Wildman–Crippen LogP) is 3.14. The molecule has 5 heteroatoms. The number of imide groups is 1. The van der Waals surface area contributed by atoms with Crippen molar-refractivity contribution in [1.29, 1.82) is 0 Å². The molecule has 3 amide bonds. The van der Waals surface area contributed by atoms with Gasteiger partial charge in [-0.15, -0.1) is 0 Å². The van der Waals surface area contributed by atoms with Gasteiger partial charge in [-0.2, -0.15) is 0 Å². The van der Waals surface area contributed by atoms with Crippen molar-refractivity contribution >= 4 is 17.7 Å². The molecule has 3 aliphatic rings. The van der Waals surface area contributed by atoms with Gasteiger partial charge in [-0.3, -0.25) is 14.5 Å². The monoisotopic (exact) mass is 374 g/mol. The molecule has 5 rings (SSSR count). The Labute approximate surface area is 163 Å². The quantitative estimate of drug-likeness (QED) is 0.663. The van der Waals surface area contributed by atoms with Gasteiger partial charge in [0.2, 0.25) is 0 Å². The number of ketones is 1. The molecule has 2 aromatic carbocycles. The Kier molecular flexibility index (Phi) is 3.86. The first-order chi connectivity index (χ1) is 13.6. The molecule has 1 unspecified atom stereocenters. The predicted molar refractivity (Wildman–Crippen MR) is 104 cm³/mol. The number of nitrogens with zero attached hydrogens (tertiary/aromatic N) is 1. The summed E-state index contributed by atoms with van der Waals surface area (Å²) in [6, 6.07) is 13.0.